The zero-order valence-corrected chi connectivity index (χ0v) is 17.6. The highest BCUT2D eigenvalue weighted by atomic mass is 16.2. The molecule has 0 saturated carbocycles. The average Bonchev–Trinajstić information content (AvgIpc) is 2.81. The monoisotopic (exact) mass is 400 g/mol. The molecule has 0 aliphatic carbocycles. The van der Waals surface area contributed by atoms with Gasteiger partial charge in [0.25, 0.3) is 5.91 Å². The van der Waals surface area contributed by atoms with Gasteiger partial charge in [-0.05, 0) is 17.2 Å². The summed E-state index contributed by atoms with van der Waals surface area (Å²) in [5.74, 6) is 0.0578. The highest BCUT2D eigenvalue weighted by Crippen LogP contribution is 2.30. The zero-order valence-electron chi connectivity index (χ0n) is 17.6. The molecule has 0 unspecified atom stereocenters. The number of piperazine rings is 1. The molecule has 0 spiro atoms. The summed E-state index contributed by atoms with van der Waals surface area (Å²) in [5, 5.41) is 0. The number of hydrogen-bond donors (Lipinski definition) is 0. The first kappa shape index (κ1) is 20.1. The van der Waals surface area contributed by atoms with Crippen molar-refractivity contribution >= 4 is 11.6 Å². The summed E-state index contributed by atoms with van der Waals surface area (Å²) in [6.07, 6.45) is 3.41. The van der Waals surface area contributed by atoms with E-state index in [-0.39, 0.29) is 11.9 Å². The smallest absolute Gasteiger partial charge is 0.257 e. The van der Waals surface area contributed by atoms with Gasteiger partial charge in [-0.15, -0.1) is 0 Å². The predicted octanol–water partition coefficient (Wildman–Crippen LogP) is 3.70. The van der Waals surface area contributed by atoms with Crippen molar-refractivity contribution in [1.29, 1.82) is 0 Å². The average molecular weight is 401 g/mol. The van der Waals surface area contributed by atoms with Crippen molar-refractivity contribution in [2.45, 2.75) is 6.04 Å². The van der Waals surface area contributed by atoms with Crippen LogP contribution in [0.2, 0.25) is 0 Å². The molecule has 1 aliphatic rings. The third kappa shape index (κ3) is 4.21. The second-order valence-electron chi connectivity index (χ2n) is 7.84. The van der Waals surface area contributed by atoms with Gasteiger partial charge in [0, 0.05) is 52.7 Å². The maximum Gasteiger partial charge on any atom is 0.257 e. The number of carbonyl (C=O) groups is 1. The van der Waals surface area contributed by atoms with E-state index in [4.69, 9.17) is 0 Å². The molecule has 1 amide bonds. The predicted molar refractivity (Wildman–Crippen MR) is 121 cm³/mol. The summed E-state index contributed by atoms with van der Waals surface area (Å²) in [6.45, 7) is 3.07. The van der Waals surface area contributed by atoms with Crippen molar-refractivity contribution in [2.24, 2.45) is 0 Å². The number of amides is 1. The largest absolute Gasteiger partial charge is 0.377 e. The van der Waals surface area contributed by atoms with Gasteiger partial charge in [-0.1, -0.05) is 60.7 Å². The van der Waals surface area contributed by atoms with Crippen LogP contribution in [-0.4, -0.2) is 61.0 Å². The first-order chi connectivity index (χ1) is 14.6. The Labute approximate surface area is 178 Å². The Morgan fingerprint density at radius 2 is 1.43 bits per heavy atom. The van der Waals surface area contributed by atoms with Gasteiger partial charge in [-0.25, -0.2) is 0 Å². The normalized spacial score (nSPS) is 14.7. The fraction of sp³-hybridized carbons (Fsp3) is 0.280. The molecule has 1 saturated heterocycles. The minimum atomic E-state index is 0.0578. The summed E-state index contributed by atoms with van der Waals surface area (Å²) >= 11 is 0. The molecule has 0 N–H and O–H groups in total. The number of carbonyl (C=O) groups excluding carboxylic acids is 1. The number of aromatic nitrogens is 1. The summed E-state index contributed by atoms with van der Waals surface area (Å²) in [4.78, 5) is 23.8. The molecule has 5 heteroatoms. The molecule has 4 rings (SSSR count). The van der Waals surface area contributed by atoms with Crippen molar-refractivity contribution in [3.8, 4) is 0 Å². The molecule has 0 bridgehead atoms. The quantitative estimate of drug-likeness (QED) is 0.655. The molecule has 2 aromatic carbocycles. The van der Waals surface area contributed by atoms with E-state index >= 15 is 0 Å². The molecular formula is C25H28N4O. The van der Waals surface area contributed by atoms with Crippen LogP contribution in [0.4, 0.5) is 5.69 Å². The second-order valence-corrected chi connectivity index (χ2v) is 7.84. The molecule has 5 nitrogen and oxygen atoms in total. The van der Waals surface area contributed by atoms with E-state index in [9.17, 15) is 4.79 Å². The van der Waals surface area contributed by atoms with E-state index in [1.165, 1.54) is 11.1 Å². The van der Waals surface area contributed by atoms with Gasteiger partial charge in [-0.2, -0.15) is 0 Å². The Morgan fingerprint density at radius 1 is 0.867 bits per heavy atom. The number of benzene rings is 2. The zero-order chi connectivity index (χ0) is 20.9. The lowest BCUT2D eigenvalue weighted by molar-refractivity contribution is 0.0597. The van der Waals surface area contributed by atoms with Gasteiger partial charge in [0.05, 0.1) is 17.3 Å². The van der Waals surface area contributed by atoms with Crippen LogP contribution in [0, 0.1) is 0 Å². The molecule has 154 valence electrons. The van der Waals surface area contributed by atoms with Crippen molar-refractivity contribution in [1.82, 2.24) is 14.8 Å². The lowest BCUT2D eigenvalue weighted by atomic mass is 9.96. The Balaban J connectivity index is 1.52. The van der Waals surface area contributed by atoms with Crippen LogP contribution in [0.3, 0.4) is 0 Å². The third-order valence-electron chi connectivity index (χ3n) is 5.71. The van der Waals surface area contributed by atoms with Gasteiger partial charge >= 0.3 is 0 Å². The van der Waals surface area contributed by atoms with Gasteiger partial charge < -0.3 is 9.80 Å². The minimum absolute atomic E-state index is 0.0578. The molecule has 3 aromatic rings. The van der Waals surface area contributed by atoms with Crippen molar-refractivity contribution < 1.29 is 4.79 Å². The number of rotatable bonds is 5. The van der Waals surface area contributed by atoms with Crippen molar-refractivity contribution in [2.75, 3.05) is 45.2 Å². The summed E-state index contributed by atoms with van der Waals surface area (Å²) < 4.78 is 0. The van der Waals surface area contributed by atoms with Crippen molar-refractivity contribution in [3.63, 3.8) is 0 Å². The van der Waals surface area contributed by atoms with E-state index < -0.39 is 0 Å². The third-order valence-corrected chi connectivity index (χ3v) is 5.71. The Bertz CT molecular complexity index is 927. The second kappa shape index (κ2) is 9.09. The maximum absolute atomic E-state index is 13.2. The first-order valence-electron chi connectivity index (χ1n) is 10.4. The molecular weight excluding hydrogens is 372 g/mol. The SMILES string of the molecule is CN(C)c1ccncc1C(=O)N1CCN(C(c2ccccc2)c2ccccc2)CC1. The van der Waals surface area contributed by atoms with Crippen LogP contribution < -0.4 is 4.90 Å². The van der Waals surface area contributed by atoms with E-state index in [0.29, 0.717) is 18.7 Å². The van der Waals surface area contributed by atoms with E-state index in [0.717, 1.165) is 18.8 Å². The van der Waals surface area contributed by atoms with Gasteiger partial charge in [0.15, 0.2) is 0 Å². The molecule has 1 fully saturated rings. The maximum atomic E-state index is 13.2. The lowest BCUT2D eigenvalue weighted by Crippen LogP contribution is -2.50. The van der Waals surface area contributed by atoms with Crippen LogP contribution in [0.25, 0.3) is 0 Å². The molecule has 1 aromatic heterocycles. The van der Waals surface area contributed by atoms with Crippen LogP contribution in [0.15, 0.2) is 79.1 Å². The van der Waals surface area contributed by atoms with Crippen LogP contribution in [0.5, 0.6) is 0 Å². The summed E-state index contributed by atoms with van der Waals surface area (Å²) in [5.41, 5.74) is 4.14. The first-order valence-corrected chi connectivity index (χ1v) is 10.4. The highest BCUT2D eigenvalue weighted by molar-refractivity contribution is 5.99. The lowest BCUT2D eigenvalue weighted by Gasteiger charge is -2.40. The van der Waals surface area contributed by atoms with E-state index in [1.54, 1.807) is 12.4 Å². The van der Waals surface area contributed by atoms with Crippen LogP contribution in [0.1, 0.15) is 27.5 Å². The van der Waals surface area contributed by atoms with Gasteiger partial charge in [0.2, 0.25) is 0 Å². The Kier molecular flexibility index (Phi) is 6.10. The van der Waals surface area contributed by atoms with Crippen LogP contribution >= 0.6 is 0 Å². The minimum Gasteiger partial charge on any atom is -0.377 e. The van der Waals surface area contributed by atoms with Crippen LogP contribution in [-0.2, 0) is 0 Å². The number of pyridine rings is 1. The van der Waals surface area contributed by atoms with E-state index in [1.807, 2.05) is 30.0 Å². The summed E-state index contributed by atoms with van der Waals surface area (Å²) in [7, 11) is 3.91. The molecule has 2 heterocycles. The molecule has 30 heavy (non-hydrogen) atoms. The Hall–Kier alpha value is -3.18. The number of hydrogen-bond acceptors (Lipinski definition) is 4. The molecule has 1 aliphatic heterocycles. The molecule has 0 radical (unpaired) electrons. The van der Waals surface area contributed by atoms with E-state index in [2.05, 4.69) is 70.5 Å². The number of nitrogens with zero attached hydrogens (tertiary/aromatic N) is 4. The number of anilines is 1. The highest BCUT2D eigenvalue weighted by Gasteiger charge is 2.29. The fourth-order valence-electron chi connectivity index (χ4n) is 4.18. The molecule has 0 atom stereocenters. The summed E-state index contributed by atoms with van der Waals surface area (Å²) in [6, 6.07) is 23.3. The topological polar surface area (TPSA) is 39.7 Å². The van der Waals surface area contributed by atoms with Gasteiger partial charge in [-0.3, -0.25) is 14.7 Å². The van der Waals surface area contributed by atoms with Crippen molar-refractivity contribution in [3.05, 3.63) is 95.8 Å². The Morgan fingerprint density at radius 3 is 1.97 bits per heavy atom. The standard InChI is InChI=1S/C25H28N4O/c1-27(2)23-13-14-26-19-22(23)25(30)29-17-15-28(16-18-29)24(20-9-5-3-6-10-20)21-11-7-4-8-12-21/h3-14,19,24H,15-18H2,1-2H3. The van der Waals surface area contributed by atoms with Gasteiger partial charge in [0.1, 0.15) is 0 Å². The fourth-order valence-corrected chi connectivity index (χ4v) is 4.18.